The van der Waals surface area contributed by atoms with Gasteiger partial charge in [-0.05, 0) is 37.9 Å². The number of nitrogens with one attached hydrogen (secondary N) is 1. The molecule has 1 unspecified atom stereocenters. The predicted octanol–water partition coefficient (Wildman–Crippen LogP) is 4.40. The van der Waals surface area contributed by atoms with E-state index in [0.29, 0.717) is 6.04 Å². The van der Waals surface area contributed by atoms with Gasteiger partial charge in [0.05, 0.1) is 0 Å². The molecule has 0 bridgehead atoms. The maximum absolute atomic E-state index is 3.47. The Bertz CT molecular complexity index is 289. The maximum Gasteiger partial charge on any atom is 0.0415 e. The zero-order valence-electron chi connectivity index (χ0n) is 11.0. The Morgan fingerprint density at radius 1 is 1.19 bits per heavy atom. The summed E-state index contributed by atoms with van der Waals surface area (Å²) in [5, 5.41) is 3.47. The summed E-state index contributed by atoms with van der Waals surface area (Å²) in [4.78, 5) is 3.01. The Morgan fingerprint density at radius 2 is 1.88 bits per heavy atom. The summed E-state index contributed by atoms with van der Waals surface area (Å²) in [6.45, 7) is 6.82. The van der Waals surface area contributed by atoms with E-state index in [1.165, 1.54) is 29.0 Å². The van der Waals surface area contributed by atoms with Crippen LogP contribution in [0.2, 0.25) is 0 Å². The van der Waals surface area contributed by atoms with E-state index in [-0.39, 0.29) is 0 Å². The van der Waals surface area contributed by atoms with Crippen molar-refractivity contribution in [1.82, 2.24) is 5.32 Å². The third-order valence-corrected chi connectivity index (χ3v) is 4.79. The summed E-state index contributed by atoms with van der Waals surface area (Å²) < 4.78 is 0. The van der Waals surface area contributed by atoms with Gasteiger partial charge in [0.1, 0.15) is 0 Å². The fourth-order valence-electron chi connectivity index (χ4n) is 2.10. The SMILES string of the molecule is CCc1ccc(C(CC(CC)CC)NC)s1. The van der Waals surface area contributed by atoms with Crippen LogP contribution >= 0.6 is 11.3 Å². The molecule has 0 spiro atoms. The fourth-order valence-corrected chi connectivity index (χ4v) is 3.18. The van der Waals surface area contributed by atoms with Crippen molar-refractivity contribution in [3.63, 3.8) is 0 Å². The lowest BCUT2D eigenvalue weighted by Gasteiger charge is -2.20. The van der Waals surface area contributed by atoms with Crippen molar-refractivity contribution < 1.29 is 0 Å². The van der Waals surface area contributed by atoms with Crippen LogP contribution in [-0.4, -0.2) is 7.05 Å². The van der Waals surface area contributed by atoms with Crippen molar-refractivity contribution in [3.8, 4) is 0 Å². The molecule has 1 heterocycles. The van der Waals surface area contributed by atoms with Crippen LogP contribution in [0.4, 0.5) is 0 Å². The monoisotopic (exact) mass is 239 g/mol. The van der Waals surface area contributed by atoms with Gasteiger partial charge in [-0.25, -0.2) is 0 Å². The van der Waals surface area contributed by atoms with Gasteiger partial charge < -0.3 is 5.32 Å². The van der Waals surface area contributed by atoms with Gasteiger partial charge in [0.15, 0.2) is 0 Å². The minimum Gasteiger partial charge on any atom is -0.312 e. The summed E-state index contributed by atoms with van der Waals surface area (Å²) in [5.41, 5.74) is 0. The summed E-state index contributed by atoms with van der Waals surface area (Å²) in [7, 11) is 2.08. The lowest BCUT2D eigenvalue weighted by atomic mass is 9.94. The average Bonchev–Trinajstić information content (AvgIpc) is 2.79. The number of aryl methyl sites for hydroxylation is 1. The van der Waals surface area contributed by atoms with Crippen LogP contribution in [0.25, 0.3) is 0 Å². The van der Waals surface area contributed by atoms with Crippen LogP contribution in [-0.2, 0) is 6.42 Å². The number of thiophene rings is 1. The first-order valence-corrected chi connectivity index (χ1v) is 7.32. The highest BCUT2D eigenvalue weighted by molar-refractivity contribution is 7.12. The summed E-state index contributed by atoms with van der Waals surface area (Å²) in [5.74, 6) is 0.852. The Hall–Kier alpha value is -0.340. The molecule has 0 amide bonds. The third-order valence-electron chi connectivity index (χ3n) is 3.45. The molecule has 0 radical (unpaired) electrons. The number of hydrogen-bond donors (Lipinski definition) is 1. The van der Waals surface area contributed by atoms with Gasteiger partial charge in [0.25, 0.3) is 0 Å². The van der Waals surface area contributed by atoms with Gasteiger partial charge in [0.2, 0.25) is 0 Å². The smallest absolute Gasteiger partial charge is 0.0415 e. The Kier molecular flexibility index (Phi) is 6.07. The molecular formula is C14H25NS. The lowest BCUT2D eigenvalue weighted by molar-refractivity contribution is 0.388. The molecule has 0 aliphatic carbocycles. The zero-order valence-corrected chi connectivity index (χ0v) is 11.9. The van der Waals surface area contributed by atoms with E-state index < -0.39 is 0 Å². The molecule has 0 aliphatic rings. The first kappa shape index (κ1) is 13.7. The number of hydrogen-bond acceptors (Lipinski definition) is 2. The van der Waals surface area contributed by atoms with Crippen LogP contribution in [0, 0.1) is 5.92 Å². The average molecular weight is 239 g/mol. The molecular weight excluding hydrogens is 214 g/mol. The lowest BCUT2D eigenvalue weighted by Crippen LogP contribution is -2.18. The molecule has 0 aliphatic heterocycles. The van der Waals surface area contributed by atoms with Crippen molar-refractivity contribution in [3.05, 3.63) is 21.9 Å². The van der Waals surface area contributed by atoms with Gasteiger partial charge in [0, 0.05) is 15.8 Å². The van der Waals surface area contributed by atoms with Crippen molar-refractivity contribution >= 4 is 11.3 Å². The highest BCUT2D eigenvalue weighted by Crippen LogP contribution is 2.30. The van der Waals surface area contributed by atoms with Crippen LogP contribution in [0.15, 0.2) is 12.1 Å². The molecule has 0 saturated heterocycles. The Morgan fingerprint density at radius 3 is 2.31 bits per heavy atom. The van der Waals surface area contributed by atoms with Crippen LogP contribution in [0.3, 0.4) is 0 Å². The van der Waals surface area contributed by atoms with E-state index in [0.717, 1.165) is 12.3 Å². The van der Waals surface area contributed by atoms with Crippen LogP contribution in [0.5, 0.6) is 0 Å². The van der Waals surface area contributed by atoms with E-state index in [2.05, 4.69) is 45.3 Å². The molecule has 92 valence electrons. The van der Waals surface area contributed by atoms with Gasteiger partial charge in [-0.2, -0.15) is 0 Å². The Balaban J connectivity index is 2.66. The second-order valence-electron chi connectivity index (χ2n) is 4.42. The molecule has 0 aromatic carbocycles. The predicted molar refractivity (Wildman–Crippen MR) is 74.2 cm³/mol. The summed E-state index contributed by atoms with van der Waals surface area (Å²) >= 11 is 1.97. The van der Waals surface area contributed by atoms with E-state index in [1.807, 2.05) is 11.3 Å². The standard InChI is InChI=1S/C14H25NS/c1-5-11(6-2)10-13(15-4)14-9-8-12(7-3)16-14/h8-9,11,13,15H,5-7,10H2,1-4H3. The molecule has 2 heteroatoms. The van der Waals surface area contributed by atoms with Crippen molar-refractivity contribution in [2.45, 2.75) is 52.5 Å². The van der Waals surface area contributed by atoms with Gasteiger partial charge >= 0.3 is 0 Å². The van der Waals surface area contributed by atoms with E-state index >= 15 is 0 Å². The third kappa shape index (κ3) is 3.60. The second kappa shape index (κ2) is 7.08. The molecule has 1 rings (SSSR count). The van der Waals surface area contributed by atoms with Crippen molar-refractivity contribution in [2.75, 3.05) is 7.05 Å². The second-order valence-corrected chi connectivity index (χ2v) is 5.62. The summed E-state index contributed by atoms with van der Waals surface area (Å²) in [6.07, 6.45) is 5.01. The van der Waals surface area contributed by atoms with Gasteiger partial charge in [-0.15, -0.1) is 11.3 Å². The minimum atomic E-state index is 0.551. The Labute approximate surface area is 104 Å². The van der Waals surface area contributed by atoms with E-state index in [1.54, 1.807) is 0 Å². The molecule has 16 heavy (non-hydrogen) atoms. The molecule has 1 aromatic rings. The fraction of sp³-hybridized carbons (Fsp3) is 0.714. The highest BCUT2D eigenvalue weighted by Gasteiger charge is 2.15. The van der Waals surface area contributed by atoms with Crippen molar-refractivity contribution in [1.29, 1.82) is 0 Å². The van der Waals surface area contributed by atoms with Crippen LogP contribution in [0.1, 0.15) is 55.8 Å². The normalized spacial score (nSPS) is 13.3. The minimum absolute atomic E-state index is 0.551. The van der Waals surface area contributed by atoms with Crippen molar-refractivity contribution in [2.24, 2.45) is 5.92 Å². The molecule has 0 fully saturated rings. The summed E-state index contributed by atoms with van der Waals surface area (Å²) in [6, 6.07) is 5.12. The first-order chi connectivity index (χ1) is 7.74. The zero-order chi connectivity index (χ0) is 12.0. The molecule has 0 saturated carbocycles. The quantitative estimate of drug-likeness (QED) is 0.744. The van der Waals surface area contributed by atoms with Gasteiger partial charge in [-0.3, -0.25) is 0 Å². The first-order valence-electron chi connectivity index (χ1n) is 6.50. The van der Waals surface area contributed by atoms with E-state index in [9.17, 15) is 0 Å². The molecule has 1 aromatic heterocycles. The van der Waals surface area contributed by atoms with Crippen LogP contribution < -0.4 is 5.32 Å². The van der Waals surface area contributed by atoms with E-state index in [4.69, 9.17) is 0 Å². The highest BCUT2D eigenvalue weighted by atomic mass is 32.1. The topological polar surface area (TPSA) is 12.0 Å². The molecule has 1 nitrogen and oxygen atoms in total. The molecule has 1 atom stereocenters. The largest absolute Gasteiger partial charge is 0.312 e. The number of rotatable bonds is 7. The maximum atomic E-state index is 3.47. The van der Waals surface area contributed by atoms with Gasteiger partial charge in [-0.1, -0.05) is 33.6 Å². The molecule has 1 N–H and O–H groups in total.